The first-order chi connectivity index (χ1) is 16.3. The van der Waals surface area contributed by atoms with Crippen LogP contribution in [0.2, 0.25) is 10.0 Å². The van der Waals surface area contributed by atoms with Gasteiger partial charge in [0.1, 0.15) is 12.6 Å². The molecule has 0 spiro atoms. The Labute approximate surface area is 218 Å². The second-order valence-electron chi connectivity index (χ2n) is 8.94. The molecule has 2 amide bonds. The van der Waals surface area contributed by atoms with E-state index >= 15 is 0 Å². The Morgan fingerprint density at radius 2 is 1.69 bits per heavy atom. The highest BCUT2D eigenvalue weighted by atomic mass is 35.5. The van der Waals surface area contributed by atoms with Gasteiger partial charge in [0.25, 0.3) is 0 Å². The Morgan fingerprint density at radius 1 is 1.06 bits per heavy atom. The van der Waals surface area contributed by atoms with Crippen LogP contribution in [0.5, 0.6) is 0 Å². The summed E-state index contributed by atoms with van der Waals surface area (Å²) in [5.41, 5.74) is 1.99. The van der Waals surface area contributed by atoms with E-state index in [4.69, 9.17) is 23.2 Å². The van der Waals surface area contributed by atoms with Crippen molar-refractivity contribution in [2.45, 2.75) is 46.7 Å². The number of carbonyl (C=O) groups excluding carboxylic acids is 2. The highest BCUT2D eigenvalue weighted by Gasteiger charge is 2.32. The van der Waals surface area contributed by atoms with Crippen molar-refractivity contribution in [3.8, 4) is 0 Å². The van der Waals surface area contributed by atoms with Crippen LogP contribution < -0.4 is 9.62 Å². The number of carbonyl (C=O) groups is 2. The summed E-state index contributed by atoms with van der Waals surface area (Å²) >= 11 is 12.3. The molecule has 2 aromatic rings. The number of benzene rings is 2. The number of sulfonamides is 1. The third kappa shape index (κ3) is 8.40. The Kier molecular flexibility index (Phi) is 10.4. The topological polar surface area (TPSA) is 86.8 Å². The number of nitrogens with one attached hydrogen (secondary N) is 1. The van der Waals surface area contributed by atoms with Crippen LogP contribution in [-0.2, 0) is 26.2 Å². The van der Waals surface area contributed by atoms with Crippen LogP contribution in [0.1, 0.15) is 38.3 Å². The fourth-order valence-electron chi connectivity index (χ4n) is 3.50. The number of amides is 2. The van der Waals surface area contributed by atoms with Crippen LogP contribution in [0.4, 0.5) is 5.69 Å². The molecule has 0 heterocycles. The molecule has 0 bridgehead atoms. The van der Waals surface area contributed by atoms with E-state index in [-0.39, 0.29) is 34.1 Å². The van der Waals surface area contributed by atoms with Gasteiger partial charge < -0.3 is 10.2 Å². The van der Waals surface area contributed by atoms with Crippen molar-refractivity contribution in [3.63, 3.8) is 0 Å². The summed E-state index contributed by atoms with van der Waals surface area (Å²) in [5, 5.41) is 3.31. The van der Waals surface area contributed by atoms with Gasteiger partial charge in [-0.05, 0) is 43.0 Å². The fraction of sp³-hybridized carbons (Fsp3) is 0.440. The van der Waals surface area contributed by atoms with Gasteiger partial charge in [-0.15, -0.1) is 0 Å². The molecular weight excluding hydrogens is 509 g/mol. The van der Waals surface area contributed by atoms with Gasteiger partial charge in [0.15, 0.2) is 0 Å². The summed E-state index contributed by atoms with van der Waals surface area (Å²) in [7, 11) is -3.90. The molecule has 35 heavy (non-hydrogen) atoms. The van der Waals surface area contributed by atoms with E-state index in [1.807, 2.05) is 52.0 Å². The molecule has 0 aliphatic carbocycles. The van der Waals surface area contributed by atoms with Gasteiger partial charge >= 0.3 is 0 Å². The van der Waals surface area contributed by atoms with Crippen molar-refractivity contribution in [2.75, 3.05) is 23.7 Å². The highest BCUT2D eigenvalue weighted by molar-refractivity contribution is 7.92. The number of hydrogen-bond acceptors (Lipinski definition) is 4. The third-order valence-electron chi connectivity index (χ3n) is 5.40. The van der Waals surface area contributed by atoms with Crippen LogP contribution in [0.3, 0.4) is 0 Å². The van der Waals surface area contributed by atoms with Crippen molar-refractivity contribution >= 4 is 50.7 Å². The Balaban J connectivity index is 2.45. The van der Waals surface area contributed by atoms with E-state index in [1.54, 1.807) is 0 Å². The standard InChI is InChI=1S/C25H33Cl2N3O4S/c1-6-22(25(32)28-14-17(2)3)29(15-19-9-7-18(4)8-10-19)24(31)16-30(35(5,33)34)23-13-20(26)11-12-21(23)27/h7-13,17,22H,6,14-16H2,1-5H3,(H,28,32)/t22-/m0/s1. The van der Waals surface area contributed by atoms with E-state index in [1.165, 1.54) is 23.1 Å². The summed E-state index contributed by atoms with van der Waals surface area (Å²) in [5.74, 6) is -0.574. The second-order valence-corrected chi connectivity index (χ2v) is 11.7. The molecule has 192 valence electrons. The monoisotopic (exact) mass is 541 g/mol. The maximum absolute atomic E-state index is 13.6. The molecule has 0 fully saturated rings. The first kappa shape index (κ1) is 28.9. The van der Waals surface area contributed by atoms with Crippen LogP contribution >= 0.6 is 23.2 Å². The van der Waals surface area contributed by atoms with E-state index in [0.717, 1.165) is 21.7 Å². The molecule has 2 aromatic carbocycles. The molecule has 2 rings (SSSR count). The van der Waals surface area contributed by atoms with Crippen molar-refractivity contribution in [3.05, 3.63) is 63.6 Å². The quantitative estimate of drug-likeness (QED) is 0.448. The van der Waals surface area contributed by atoms with E-state index < -0.39 is 28.5 Å². The van der Waals surface area contributed by atoms with Crippen LogP contribution in [0.15, 0.2) is 42.5 Å². The van der Waals surface area contributed by atoms with Crippen molar-refractivity contribution < 1.29 is 18.0 Å². The first-order valence-electron chi connectivity index (χ1n) is 11.4. The molecule has 0 aromatic heterocycles. The summed E-state index contributed by atoms with van der Waals surface area (Å²) in [6, 6.07) is 11.2. The zero-order valence-electron chi connectivity index (χ0n) is 20.7. The lowest BCUT2D eigenvalue weighted by molar-refractivity contribution is -0.140. The van der Waals surface area contributed by atoms with E-state index in [0.29, 0.717) is 13.0 Å². The number of aryl methyl sites for hydroxylation is 1. The number of hydrogen-bond donors (Lipinski definition) is 1. The predicted molar refractivity (Wildman–Crippen MR) is 142 cm³/mol. The van der Waals surface area contributed by atoms with Gasteiger partial charge in [-0.1, -0.05) is 73.8 Å². The molecule has 0 unspecified atom stereocenters. The molecular formula is C25H33Cl2N3O4S. The maximum atomic E-state index is 13.6. The van der Waals surface area contributed by atoms with Crippen LogP contribution in [0.25, 0.3) is 0 Å². The third-order valence-corrected chi connectivity index (χ3v) is 7.08. The van der Waals surface area contributed by atoms with Crippen molar-refractivity contribution in [1.82, 2.24) is 10.2 Å². The number of anilines is 1. The van der Waals surface area contributed by atoms with E-state index in [2.05, 4.69) is 5.32 Å². The van der Waals surface area contributed by atoms with Gasteiger partial charge in [0.05, 0.1) is 17.0 Å². The normalized spacial score (nSPS) is 12.3. The van der Waals surface area contributed by atoms with Crippen LogP contribution in [-0.4, -0.2) is 50.5 Å². The summed E-state index contributed by atoms with van der Waals surface area (Å²) in [6.07, 6.45) is 1.35. The SMILES string of the molecule is CC[C@@H](C(=O)NCC(C)C)N(Cc1ccc(C)cc1)C(=O)CN(c1cc(Cl)ccc1Cl)S(C)(=O)=O. The molecule has 1 N–H and O–H groups in total. The molecule has 10 heteroatoms. The fourth-order valence-corrected chi connectivity index (χ4v) is 4.79. The summed E-state index contributed by atoms with van der Waals surface area (Å²) < 4.78 is 26.3. The molecule has 0 saturated heterocycles. The van der Waals surface area contributed by atoms with Gasteiger partial charge in [0, 0.05) is 18.1 Å². The Hall–Kier alpha value is -2.29. The summed E-state index contributed by atoms with van der Waals surface area (Å²) in [6.45, 7) is 7.82. The van der Waals surface area contributed by atoms with Gasteiger partial charge in [0.2, 0.25) is 21.8 Å². The first-order valence-corrected chi connectivity index (χ1v) is 14.0. The van der Waals surface area contributed by atoms with E-state index in [9.17, 15) is 18.0 Å². The molecule has 0 aliphatic rings. The highest BCUT2D eigenvalue weighted by Crippen LogP contribution is 2.31. The molecule has 0 saturated carbocycles. The summed E-state index contributed by atoms with van der Waals surface area (Å²) in [4.78, 5) is 28.1. The second kappa shape index (κ2) is 12.6. The minimum Gasteiger partial charge on any atom is -0.354 e. The lowest BCUT2D eigenvalue weighted by Crippen LogP contribution is -2.52. The molecule has 0 radical (unpaired) electrons. The van der Waals surface area contributed by atoms with Gasteiger partial charge in [-0.25, -0.2) is 8.42 Å². The smallest absolute Gasteiger partial charge is 0.244 e. The Morgan fingerprint density at radius 3 is 2.23 bits per heavy atom. The largest absolute Gasteiger partial charge is 0.354 e. The van der Waals surface area contributed by atoms with Crippen molar-refractivity contribution in [2.24, 2.45) is 5.92 Å². The average molecular weight is 543 g/mol. The molecule has 0 aliphatic heterocycles. The lowest BCUT2D eigenvalue weighted by Gasteiger charge is -2.33. The predicted octanol–water partition coefficient (Wildman–Crippen LogP) is 4.65. The maximum Gasteiger partial charge on any atom is 0.244 e. The van der Waals surface area contributed by atoms with Crippen molar-refractivity contribution in [1.29, 1.82) is 0 Å². The minimum atomic E-state index is -3.90. The van der Waals surface area contributed by atoms with Gasteiger partial charge in [-0.3, -0.25) is 13.9 Å². The zero-order valence-corrected chi connectivity index (χ0v) is 23.0. The number of nitrogens with zero attached hydrogens (tertiary/aromatic N) is 2. The minimum absolute atomic E-state index is 0.0996. The molecule has 1 atom stereocenters. The number of rotatable bonds is 11. The zero-order chi connectivity index (χ0) is 26.3. The average Bonchev–Trinajstić information content (AvgIpc) is 2.78. The lowest BCUT2D eigenvalue weighted by atomic mass is 10.1. The molecule has 7 nitrogen and oxygen atoms in total. The number of halogens is 2. The Bertz CT molecular complexity index is 1140. The van der Waals surface area contributed by atoms with Crippen LogP contribution in [0, 0.1) is 12.8 Å². The van der Waals surface area contributed by atoms with Gasteiger partial charge in [-0.2, -0.15) is 0 Å².